The summed E-state index contributed by atoms with van der Waals surface area (Å²) < 4.78 is 12.7. The van der Waals surface area contributed by atoms with Crippen LogP contribution in [0.1, 0.15) is 11.1 Å². The number of amides is 1. The van der Waals surface area contributed by atoms with Gasteiger partial charge in [0.05, 0.1) is 11.4 Å². The molecule has 1 aliphatic rings. The number of aromatic nitrogens is 4. The number of tetrazole rings is 1. The van der Waals surface area contributed by atoms with E-state index >= 15 is 0 Å². The van der Waals surface area contributed by atoms with Crippen molar-refractivity contribution in [3.05, 3.63) is 47.5 Å². The summed E-state index contributed by atoms with van der Waals surface area (Å²) in [5.41, 5.74) is 3.67. The quantitative estimate of drug-likeness (QED) is 0.662. The molecule has 1 amide bonds. The number of hydrogen-bond acceptors (Lipinski definition) is 7. The molecule has 8 nitrogen and oxygen atoms in total. The Kier molecular flexibility index (Phi) is 5.16. The third-order valence-electron chi connectivity index (χ3n) is 4.21. The number of aryl methyl sites for hydroxylation is 2. The van der Waals surface area contributed by atoms with Gasteiger partial charge in [-0.1, -0.05) is 23.9 Å². The molecule has 0 saturated heterocycles. The minimum absolute atomic E-state index is 0.115. The first-order valence-corrected chi connectivity index (χ1v) is 9.77. The smallest absolute Gasteiger partial charge is 0.234 e. The van der Waals surface area contributed by atoms with Crippen molar-refractivity contribution in [3.8, 4) is 17.2 Å². The van der Waals surface area contributed by atoms with E-state index in [0.717, 1.165) is 22.5 Å². The standard InChI is InChI=1S/C19H19N5O3S/c1-12-3-4-13(2)15(9-12)20-18(25)11-28-19-21-22-23-24(19)14-5-6-16-17(10-14)27-8-7-26-16/h3-6,9-10H,7-8,11H2,1-2H3,(H,20,25). The molecule has 1 N–H and O–H groups in total. The zero-order valence-corrected chi connectivity index (χ0v) is 16.3. The summed E-state index contributed by atoms with van der Waals surface area (Å²) in [6.07, 6.45) is 0. The molecule has 0 saturated carbocycles. The van der Waals surface area contributed by atoms with Crippen molar-refractivity contribution < 1.29 is 14.3 Å². The molecule has 4 rings (SSSR count). The van der Waals surface area contributed by atoms with Crippen molar-refractivity contribution in [2.24, 2.45) is 0 Å². The molecular formula is C19H19N5O3S. The largest absolute Gasteiger partial charge is 0.486 e. The van der Waals surface area contributed by atoms with E-state index in [9.17, 15) is 4.79 Å². The Morgan fingerprint density at radius 1 is 1.14 bits per heavy atom. The molecule has 0 fully saturated rings. The summed E-state index contributed by atoms with van der Waals surface area (Å²) >= 11 is 1.27. The summed E-state index contributed by atoms with van der Waals surface area (Å²) in [6, 6.07) is 11.5. The Hall–Kier alpha value is -3.07. The Bertz CT molecular complexity index is 1020. The number of nitrogens with zero attached hydrogens (tertiary/aromatic N) is 4. The van der Waals surface area contributed by atoms with Crippen molar-refractivity contribution in [1.29, 1.82) is 0 Å². The van der Waals surface area contributed by atoms with Gasteiger partial charge in [0.25, 0.3) is 0 Å². The van der Waals surface area contributed by atoms with Crippen molar-refractivity contribution in [2.45, 2.75) is 19.0 Å². The first-order valence-electron chi connectivity index (χ1n) is 8.78. The number of fused-ring (bicyclic) bond motifs is 1. The van der Waals surface area contributed by atoms with Crippen LogP contribution in [0.25, 0.3) is 5.69 Å². The molecule has 9 heteroatoms. The second-order valence-corrected chi connectivity index (χ2v) is 7.30. The highest BCUT2D eigenvalue weighted by Gasteiger charge is 2.16. The highest BCUT2D eigenvalue weighted by molar-refractivity contribution is 7.99. The fourth-order valence-electron chi connectivity index (χ4n) is 2.78. The molecule has 0 bridgehead atoms. The number of carbonyl (C=O) groups is 1. The Balaban J connectivity index is 1.45. The van der Waals surface area contributed by atoms with Crippen molar-refractivity contribution in [1.82, 2.24) is 20.2 Å². The van der Waals surface area contributed by atoms with Gasteiger partial charge in [-0.25, -0.2) is 0 Å². The predicted molar refractivity (Wildman–Crippen MR) is 105 cm³/mol. The van der Waals surface area contributed by atoms with Gasteiger partial charge < -0.3 is 14.8 Å². The van der Waals surface area contributed by atoms with Crippen LogP contribution in [-0.2, 0) is 4.79 Å². The third-order valence-corrected chi connectivity index (χ3v) is 5.13. The minimum Gasteiger partial charge on any atom is -0.486 e. The Labute approximate surface area is 166 Å². The van der Waals surface area contributed by atoms with E-state index in [0.29, 0.717) is 29.9 Å². The number of rotatable bonds is 5. The number of anilines is 1. The second-order valence-electron chi connectivity index (χ2n) is 6.36. The van der Waals surface area contributed by atoms with E-state index in [1.807, 2.05) is 50.2 Å². The van der Waals surface area contributed by atoms with Crippen LogP contribution >= 0.6 is 11.8 Å². The molecule has 1 aliphatic heterocycles. The van der Waals surface area contributed by atoms with Gasteiger partial charge in [0.15, 0.2) is 11.5 Å². The molecule has 0 aliphatic carbocycles. The average Bonchev–Trinajstić information content (AvgIpc) is 3.17. The lowest BCUT2D eigenvalue weighted by molar-refractivity contribution is -0.113. The van der Waals surface area contributed by atoms with Gasteiger partial charge in [0.1, 0.15) is 13.2 Å². The van der Waals surface area contributed by atoms with Crippen LogP contribution in [0.2, 0.25) is 0 Å². The van der Waals surface area contributed by atoms with Crippen LogP contribution in [0.4, 0.5) is 5.69 Å². The monoisotopic (exact) mass is 397 g/mol. The van der Waals surface area contributed by atoms with E-state index in [4.69, 9.17) is 9.47 Å². The number of thioether (sulfide) groups is 1. The maximum atomic E-state index is 12.4. The average molecular weight is 397 g/mol. The molecule has 144 valence electrons. The predicted octanol–water partition coefficient (Wildman–Crippen LogP) is 2.78. The first-order chi connectivity index (χ1) is 13.6. The highest BCUT2D eigenvalue weighted by Crippen LogP contribution is 2.32. The van der Waals surface area contributed by atoms with Gasteiger partial charge >= 0.3 is 0 Å². The zero-order chi connectivity index (χ0) is 19.5. The van der Waals surface area contributed by atoms with Gasteiger partial charge in [0.2, 0.25) is 11.1 Å². The molecule has 0 spiro atoms. The molecule has 0 unspecified atom stereocenters. The fraction of sp³-hybridized carbons (Fsp3) is 0.263. The van der Waals surface area contributed by atoms with E-state index in [1.165, 1.54) is 11.8 Å². The lowest BCUT2D eigenvalue weighted by Crippen LogP contribution is -2.16. The molecular weight excluding hydrogens is 378 g/mol. The van der Waals surface area contributed by atoms with Crippen molar-refractivity contribution in [3.63, 3.8) is 0 Å². The Morgan fingerprint density at radius 2 is 1.96 bits per heavy atom. The molecule has 0 radical (unpaired) electrons. The normalized spacial score (nSPS) is 12.6. The molecule has 0 atom stereocenters. The summed E-state index contributed by atoms with van der Waals surface area (Å²) in [7, 11) is 0. The maximum Gasteiger partial charge on any atom is 0.234 e. The molecule has 1 aromatic heterocycles. The molecule has 3 aromatic rings. The van der Waals surface area contributed by atoms with E-state index in [2.05, 4.69) is 20.8 Å². The van der Waals surface area contributed by atoms with Crippen LogP contribution in [0.5, 0.6) is 11.5 Å². The maximum absolute atomic E-state index is 12.4. The molecule has 2 heterocycles. The van der Waals surface area contributed by atoms with Gasteiger partial charge in [-0.15, -0.1) is 5.10 Å². The van der Waals surface area contributed by atoms with Crippen LogP contribution in [-0.4, -0.2) is 45.1 Å². The van der Waals surface area contributed by atoms with Gasteiger partial charge in [0, 0.05) is 11.8 Å². The van der Waals surface area contributed by atoms with E-state index in [1.54, 1.807) is 4.68 Å². The van der Waals surface area contributed by atoms with Gasteiger partial charge in [-0.05, 0) is 53.6 Å². The summed E-state index contributed by atoms with van der Waals surface area (Å²) in [5, 5.41) is 15.3. The first kappa shape index (κ1) is 18.3. The summed E-state index contributed by atoms with van der Waals surface area (Å²) in [6.45, 7) is 5.00. The minimum atomic E-state index is -0.115. The number of ether oxygens (including phenoxy) is 2. The van der Waals surface area contributed by atoms with Crippen LogP contribution in [0.15, 0.2) is 41.6 Å². The summed E-state index contributed by atoms with van der Waals surface area (Å²) in [5.74, 6) is 1.43. The molecule has 2 aromatic carbocycles. The van der Waals surface area contributed by atoms with Crippen molar-refractivity contribution >= 4 is 23.4 Å². The van der Waals surface area contributed by atoms with Gasteiger partial charge in [-0.3, -0.25) is 4.79 Å². The number of hydrogen-bond donors (Lipinski definition) is 1. The highest BCUT2D eigenvalue weighted by atomic mass is 32.2. The van der Waals surface area contributed by atoms with Crippen LogP contribution < -0.4 is 14.8 Å². The number of carbonyl (C=O) groups excluding carboxylic acids is 1. The topological polar surface area (TPSA) is 91.2 Å². The number of benzene rings is 2. The zero-order valence-electron chi connectivity index (χ0n) is 15.5. The SMILES string of the molecule is Cc1ccc(C)c(NC(=O)CSc2nnnn2-c2ccc3c(c2)OCCO3)c1. The Morgan fingerprint density at radius 3 is 2.82 bits per heavy atom. The van der Waals surface area contributed by atoms with E-state index in [-0.39, 0.29) is 11.7 Å². The molecule has 28 heavy (non-hydrogen) atoms. The van der Waals surface area contributed by atoms with Gasteiger partial charge in [-0.2, -0.15) is 4.68 Å². The fourth-order valence-corrected chi connectivity index (χ4v) is 3.47. The lowest BCUT2D eigenvalue weighted by Gasteiger charge is -2.18. The lowest BCUT2D eigenvalue weighted by atomic mass is 10.1. The van der Waals surface area contributed by atoms with Crippen LogP contribution in [0, 0.1) is 13.8 Å². The van der Waals surface area contributed by atoms with Crippen LogP contribution in [0.3, 0.4) is 0 Å². The van der Waals surface area contributed by atoms with Crippen molar-refractivity contribution in [2.75, 3.05) is 24.3 Å². The number of nitrogens with one attached hydrogen (secondary N) is 1. The van der Waals surface area contributed by atoms with E-state index < -0.39 is 0 Å². The second kappa shape index (κ2) is 7.89. The summed E-state index contributed by atoms with van der Waals surface area (Å²) in [4.78, 5) is 12.4. The third kappa shape index (κ3) is 3.94.